The van der Waals surface area contributed by atoms with Gasteiger partial charge < -0.3 is 19.5 Å². The van der Waals surface area contributed by atoms with Crippen LogP contribution in [0.1, 0.15) is 44.1 Å². The molecule has 5 heteroatoms. The summed E-state index contributed by atoms with van der Waals surface area (Å²) >= 11 is 0. The van der Waals surface area contributed by atoms with Crippen molar-refractivity contribution in [2.75, 3.05) is 46.4 Å². The van der Waals surface area contributed by atoms with Crippen LogP contribution in [0, 0.1) is 0 Å². The highest BCUT2D eigenvalue weighted by molar-refractivity contribution is 5.43. The first-order chi connectivity index (χ1) is 12.7. The SMILES string of the molecule is COc1ccc(CN2CCC2)cc1OC[C@H](O)CN1CCCCCCC1. The van der Waals surface area contributed by atoms with Crippen molar-refractivity contribution in [2.45, 2.75) is 51.2 Å². The minimum atomic E-state index is -0.474. The molecule has 5 nitrogen and oxygen atoms in total. The quantitative estimate of drug-likeness (QED) is 0.770. The van der Waals surface area contributed by atoms with Crippen LogP contribution in [0.5, 0.6) is 11.5 Å². The van der Waals surface area contributed by atoms with E-state index in [1.807, 2.05) is 6.07 Å². The van der Waals surface area contributed by atoms with Crippen molar-refractivity contribution in [3.63, 3.8) is 0 Å². The van der Waals surface area contributed by atoms with Crippen molar-refractivity contribution in [1.29, 1.82) is 0 Å². The topological polar surface area (TPSA) is 45.2 Å². The number of benzene rings is 1. The lowest BCUT2D eigenvalue weighted by Gasteiger charge is -2.30. The number of hydrogen-bond donors (Lipinski definition) is 1. The highest BCUT2D eigenvalue weighted by Crippen LogP contribution is 2.29. The van der Waals surface area contributed by atoms with E-state index in [0.717, 1.165) is 31.1 Å². The third kappa shape index (κ3) is 5.86. The van der Waals surface area contributed by atoms with Crippen LogP contribution < -0.4 is 9.47 Å². The van der Waals surface area contributed by atoms with Crippen LogP contribution in [0.25, 0.3) is 0 Å². The summed E-state index contributed by atoms with van der Waals surface area (Å²) in [4.78, 5) is 4.80. The van der Waals surface area contributed by atoms with E-state index >= 15 is 0 Å². The average molecular weight is 363 g/mol. The molecule has 0 saturated carbocycles. The van der Waals surface area contributed by atoms with Crippen molar-refractivity contribution in [2.24, 2.45) is 0 Å². The number of nitrogens with zero attached hydrogens (tertiary/aromatic N) is 2. The number of aliphatic hydroxyl groups excluding tert-OH is 1. The number of ether oxygens (including phenoxy) is 2. The van der Waals surface area contributed by atoms with E-state index in [2.05, 4.69) is 21.9 Å². The minimum absolute atomic E-state index is 0.306. The first-order valence-electron chi connectivity index (χ1n) is 10.2. The molecule has 1 N–H and O–H groups in total. The summed E-state index contributed by atoms with van der Waals surface area (Å²) in [5.41, 5.74) is 1.23. The van der Waals surface area contributed by atoms with Crippen molar-refractivity contribution in [1.82, 2.24) is 9.80 Å². The molecule has 2 saturated heterocycles. The van der Waals surface area contributed by atoms with Gasteiger partial charge in [-0.05, 0) is 63.1 Å². The Morgan fingerprint density at radius 1 is 0.923 bits per heavy atom. The van der Waals surface area contributed by atoms with Crippen LogP contribution in [-0.4, -0.2) is 67.5 Å². The van der Waals surface area contributed by atoms with Gasteiger partial charge in [-0.2, -0.15) is 0 Å². The fraction of sp³-hybridized carbons (Fsp3) is 0.714. The predicted molar refractivity (Wildman–Crippen MR) is 104 cm³/mol. The number of hydrogen-bond acceptors (Lipinski definition) is 5. The van der Waals surface area contributed by atoms with Crippen LogP contribution in [-0.2, 0) is 6.54 Å². The van der Waals surface area contributed by atoms with Gasteiger partial charge in [-0.15, -0.1) is 0 Å². The van der Waals surface area contributed by atoms with Gasteiger partial charge in [-0.3, -0.25) is 4.90 Å². The highest BCUT2D eigenvalue weighted by atomic mass is 16.5. The summed E-state index contributed by atoms with van der Waals surface area (Å²) in [5, 5.41) is 10.4. The lowest BCUT2D eigenvalue weighted by molar-refractivity contribution is 0.0644. The summed E-state index contributed by atoms with van der Waals surface area (Å²) < 4.78 is 11.4. The Morgan fingerprint density at radius 2 is 1.62 bits per heavy atom. The molecular formula is C21H34N2O3. The fourth-order valence-electron chi connectivity index (χ4n) is 3.76. The van der Waals surface area contributed by atoms with Gasteiger partial charge in [-0.1, -0.05) is 25.3 Å². The largest absolute Gasteiger partial charge is 0.493 e. The number of aliphatic hydroxyl groups is 1. The van der Waals surface area contributed by atoms with Gasteiger partial charge in [0.2, 0.25) is 0 Å². The first-order valence-corrected chi connectivity index (χ1v) is 10.2. The zero-order valence-corrected chi connectivity index (χ0v) is 16.2. The van der Waals surface area contributed by atoms with Gasteiger partial charge in [0, 0.05) is 13.1 Å². The first kappa shape index (κ1) is 19.5. The second-order valence-electron chi connectivity index (χ2n) is 7.65. The Balaban J connectivity index is 1.50. The van der Waals surface area contributed by atoms with Crippen LogP contribution in [0.2, 0.25) is 0 Å². The maximum absolute atomic E-state index is 10.4. The Kier molecular flexibility index (Phi) is 7.59. The molecule has 2 aliphatic rings. The maximum atomic E-state index is 10.4. The van der Waals surface area contributed by atoms with Gasteiger partial charge >= 0.3 is 0 Å². The fourth-order valence-corrected chi connectivity index (χ4v) is 3.76. The zero-order chi connectivity index (χ0) is 18.2. The molecule has 1 aromatic rings. The lowest BCUT2D eigenvalue weighted by Crippen LogP contribution is -2.37. The molecule has 26 heavy (non-hydrogen) atoms. The molecule has 0 amide bonds. The Bertz CT molecular complexity index is 540. The van der Waals surface area contributed by atoms with Crippen molar-refractivity contribution < 1.29 is 14.6 Å². The number of rotatable bonds is 8. The van der Waals surface area contributed by atoms with E-state index in [-0.39, 0.29) is 0 Å². The smallest absolute Gasteiger partial charge is 0.161 e. The molecular weight excluding hydrogens is 328 g/mol. The number of likely N-dealkylation sites (tertiary alicyclic amines) is 2. The molecule has 1 aromatic carbocycles. The summed E-state index contributed by atoms with van der Waals surface area (Å²) in [6.07, 6.45) is 7.27. The standard InChI is InChI=1S/C21H34N2O3/c1-25-20-9-8-18(15-22-12-7-13-22)14-21(20)26-17-19(24)16-23-10-5-3-2-4-6-11-23/h8-9,14,19,24H,2-7,10-13,15-17H2,1H3/t19-/m1/s1. The third-order valence-electron chi connectivity index (χ3n) is 5.43. The number of β-amino-alcohol motifs (C(OH)–C–C–N with tert-alkyl or cyclic N) is 1. The van der Waals surface area contributed by atoms with E-state index < -0.39 is 6.10 Å². The predicted octanol–water partition coefficient (Wildman–Crippen LogP) is 2.91. The molecule has 0 spiro atoms. The monoisotopic (exact) mass is 362 g/mol. The zero-order valence-electron chi connectivity index (χ0n) is 16.2. The molecule has 0 aliphatic carbocycles. The lowest BCUT2D eigenvalue weighted by atomic mass is 10.1. The summed E-state index contributed by atoms with van der Waals surface area (Å²) in [6.45, 7) is 6.48. The summed E-state index contributed by atoms with van der Waals surface area (Å²) in [5.74, 6) is 1.47. The van der Waals surface area contributed by atoms with Gasteiger partial charge in [0.15, 0.2) is 11.5 Å². The maximum Gasteiger partial charge on any atom is 0.161 e. The van der Waals surface area contributed by atoms with Gasteiger partial charge in [-0.25, -0.2) is 0 Å². The Labute approximate surface area is 157 Å². The van der Waals surface area contributed by atoms with Crippen LogP contribution in [0.3, 0.4) is 0 Å². The molecule has 146 valence electrons. The highest BCUT2D eigenvalue weighted by Gasteiger charge is 2.17. The van der Waals surface area contributed by atoms with Crippen molar-refractivity contribution in [3.05, 3.63) is 23.8 Å². The van der Waals surface area contributed by atoms with Crippen molar-refractivity contribution in [3.8, 4) is 11.5 Å². The molecule has 2 fully saturated rings. The minimum Gasteiger partial charge on any atom is -0.493 e. The van der Waals surface area contributed by atoms with E-state index in [1.165, 1.54) is 57.2 Å². The number of methoxy groups -OCH3 is 1. The van der Waals surface area contributed by atoms with Crippen molar-refractivity contribution >= 4 is 0 Å². The Hall–Kier alpha value is -1.30. The van der Waals surface area contributed by atoms with Crippen LogP contribution in [0.15, 0.2) is 18.2 Å². The van der Waals surface area contributed by atoms with E-state index in [9.17, 15) is 5.11 Å². The second-order valence-corrected chi connectivity index (χ2v) is 7.65. The Morgan fingerprint density at radius 3 is 2.27 bits per heavy atom. The molecule has 0 bridgehead atoms. The van der Waals surface area contributed by atoms with E-state index in [4.69, 9.17) is 9.47 Å². The molecule has 0 aromatic heterocycles. The van der Waals surface area contributed by atoms with Gasteiger partial charge in [0.05, 0.1) is 7.11 Å². The average Bonchev–Trinajstić information content (AvgIpc) is 2.58. The normalized spacial score (nSPS) is 20.7. The molecule has 2 heterocycles. The molecule has 2 aliphatic heterocycles. The molecule has 3 rings (SSSR count). The van der Waals surface area contributed by atoms with E-state index in [0.29, 0.717) is 13.2 Å². The molecule has 0 radical (unpaired) electrons. The van der Waals surface area contributed by atoms with Crippen LogP contribution >= 0.6 is 0 Å². The second kappa shape index (κ2) is 10.1. The molecule has 0 unspecified atom stereocenters. The summed E-state index contributed by atoms with van der Waals surface area (Å²) in [7, 11) is 1.66. The molecule has 1 atom stereocenters. The third-order valence-corrected chi connectivity index (χ3v) is 5.43. The summed E-state index contributed by atoms with van der Waals surface area (Å²) in [6, 6.07) is 6.12. The van der Waals surface area contributed by atoms with Crippen LogP contribution in [0.4, 0.5) is 0 Å². The van der Waals surface area contributed by atoms with Gasteiger partial charge in [0.1, 0.15) is 12.7 Å². The van der Waals surface area contributed by atoms with Gasteiger partial charge in [0.25, 0.3) is 0 Å². The van der Waals surface area contributed by atoms with E-state index in [1.54, 1.807) is 7.11 Å².